The van der Waals surface area contributed by atoms with Crippen molar-refractivity contribution in [3.63, 3.8) is 0 Å². The molecule has 0 spiro atoms. The van der Waals surface area contributed by atoms with Crippen molar-refractivity contribution in [2.24, 2.45) is 0 Å². The number of imidazole rings is 1. The molecule has 11 aromatic rings. The second-order valence-electron chi connectivity index (χ2n) is 12.4. The lowest BCUT2D eigenvalue weighted by atomic mass is 10.1. The van der Waals surface area contributed by atoms with E-state index in [0.717, 1.165) is 33.8 Å². The summed E-state index contributed by atoms with van der Waals surface area (Å²) >= 11 is 0. The number of benzene rings is 6. The molecule has 11 rings (SSSR count). The first-order valence-corrected chi connectivity index (χ1v) is 16.1. The highest BCUT2D eigenvalue weighted by atomic mass is 15.0. The van der Waals surface area contributed by atoms with Crippen LogP contribution in [0.2, 0.25) is 0 Å². The Bertz CT molecular complexity index is 2960. The number of para-hydroxylation sites is 3. The van der Waals surface area contributed by atoms with Crippen LogP contribution in [0.4, 0.5) is 0 Å². The fourth-order valence-electron chi connectivity index (χ4n) is 8.02. The van der Waals surface area contributed by atoms with Crippen LogP contribution in [0.25, 0.3) is 93.7 Å². The summed E-state index contributed by atoms with van der Waals surface area (Å²) in [5.74, 6) is 0. The van der Waals surface area contributed by atoms with Crippen LogP contribution in [-0.4, -0.2) is 18.5 Å². The van der Waals surface area contributed by atoms with E-state index in [1.165, 1.54) is 59.9 Å². The molecule has 0 amide bonds. The van der Waals surface area contributed by atoms with Crippen molar-refractivity contribution in [1.82, 2.24) is 18.5 Å². The van der Waals surface area contributed by atoms with Gasteiger partial charge >= 0.3 is 0 Å². The first-order valence-electron chi connectivity index (χ1n) is 16.1. The number of hydrogen-bond acceptors (Lipinski definition) is 1. The van der Waals surface area contributed by atoms with Crippen LogP contribution in [0.1, 0.15) is 0 Å². The monoisotopic (exact) mass is 598 g/mol. The van der Waals surface area contributed by atoms with E-state index in [0.29, 0.717) is 0 Å². The van der Waals surface area contributed by atoms with Crippen LogP contribution in [0, 0.1) is 0 Å². The van der Waals surface area contributed by atoms with Gasteiger partial charge in [0.1, 0.15) is 5.65 Å². The molecular weight excluding hydrogens is 573 g/mol. The second kappa shape index (κ2) is 9.09. The zero-order chi connectivity index (χ0) is 30.6. The molecule has 0 saturated heterocycles. The number of nitrogens with zero attached hydrogens (tertiary/aromatic N) is 4. The number of aromatic nitrogens is 4. The van der Waals surface area contributed by atoms with Gasteiger partial charge in [-0.1, -0.05) is 97.1 Å². The van der Waals surface area contributed by atoms with Gasteiger partial charge in [-0.25, -0.2) is 4.98 Å². The Balaban J connectivity index is 1.19. The molecule has 5 aromatic heterocycles. The van der Waals surface area contributed by atoms with E-state index >= 15 is 0 Å². The van der Waals surface area contributed by atoms with E-state index in [1.54, 1.807) is 0 Å². The SMILES string of the molecule is c1ccc(-c2nc3cccc4c5ccc(-n6c7ccccc7c7cc(-n8c9ccccc9c9ccccc98)ccc76)cc5c2n34)cc1. The molecule has 5 heterocycles. The Labute approximate surface area is 269 Å². The van der Waals surface area contributed by atoms with E-state index in [1.807, 2.05) is 0 Å². The molecule has 0 fully saturated rings. The number of rotatable bonds is 3. The molecule has 218 valence electrons. The summed E-state index contributed by atoms with van der Waals surface area (Å²) in [5, 5.41) is 7.47. The van der Waals surface area contributed by atoms with Gasteiger partial charge in [-0.05, 0) is 60.7 Å². The Morgan fingerprint density at radius 3 is 1.55 bits per heavy atom. The van der Waals surface area contributed by atoms with Crippen LogP contribution in [0.3, 0.4) is 0 Å². The van der Waals surface area contributed by atoms with E-state index < -0.39 is 0 Å². The highest BCUT2D eigenvalue weighted by molar-refractivity contribution is 6.16. The zero-order valence-electron chi connectivity index (χ0n) is 25.3. The second-order valence-corrected chi connectivity index (χ2v) is 12.4. The summed E-state index contributed by atoms with van der Waals surface area (Å²) in [6.45, 7) is 0. The van der Waals surface area contributed by atoms with E-state index in [-0.39, 0.29) is 0 Å². The molecule has 6 aromatic carbocycles. The molecule has 47 heavy (non-hydrogen) atoms. The smallest absolute Gasteiger partial charge is 0.138 e. The molecule has 0 saturated carbocycles. The van der Waals surface area contributed by atoms with Crippen molar-refractivity contribution in [2.45, 2.75) is 0 Å². The maximum atomic E-state index is 5.12. The van der Waals surface area contributed by atoms with Gasteiger partial charge in [0.2, 0.25) is 0 Å². The third-order valence-corrected chi connectivity index (χ3v) is 9.98. The average Bonchev–Trinajstić information content (AvgIpc) is 3.87. The van der Waals surface area contributed by atoms with Gasteiger partial charge in [-0.2, -0.15) is 0 Å². The lowest BCUT2D eigenvalue weighted by molar-refractivity contribution is 1.17. The fourth-order valence-corrected chi connectivity index (χ4v) is 8.02. The molecule has 0 unspecified atom stereocenters. The van der Waals surface area contributed by atoms with Crippen molar-refractivity contribution in [1.29, 1.82) is 0 Å². The Kier molecular flexibility index (Phi) is 4.81. The van der Waals surface area contributed by atoms with Crippen molar-refractivity contribution in [2.75, 3.05) is 0 Å². The van der Waals surface area contributed by atoms with Gasteiger partial charge in [0, 0.05) is 49.3 Å². The third kappa shape index (κ3) is 3.28. The van der Waals surface area contributed by atoms with Gasteiger partial charge < -0.3 is 9.13 Å². The van der Waals surface area contributed by atoms with E-state index in [4.69, 9.17) is 4.98 Å². The molecular formula is C43H26N4. The summed E-state index contributed by atoms with van der Waals surface area (Å²) in [6, 6.07) is 57.0. The van der Waals surface area contributed by atoms with Crippen molar-refractivity contribution >= 4 is 71.1 Å². The first-order chi connectivity index (χ1) is 23.3. The van der Waals surface area contributed by atoms with E-state index in [9.17, 15) is 0 Å². The largest absolute Gasteiger partial charge is 0.309 e. The predicted octanol–water partition coefficient (Wildman–Crippen LogP) is 10.9. The number of hydrogen-bond donors (Lipinski definition) is 0. The van der Waals surface area contributed by atoms with E-state index in [2.05, 4.69) is 171 Å². The zero-order valence-corrected chi connectivity index (χ0v) is 25.3. The standard InChI is InChI=1S/C43H26N4/c1-2-11-27(12-3-1)42-43-35-26-28(21-23-33(35)39-19-10-20-41(44-42)47(39)43)46-38-18-9-6-15-32(38)34-25-29(22-24-40(34)46)45-36-16-7-4-13-30(36)31-14-5-8-17-37(31)45/h1-26H. The van der Waals surface area contributed by atoms with Gasteiger partial charge in [-0.15, -0.1) is 0 Å². The quantitative estimate of drug-likeness (QED) is 0.199. The predicted molar refractivity (Wildman–Crippen MR) is 196 cm³/mol. The van der Waals surface area contributed by atoms with Gasteiger partial charge in [0.25, 0.3) is 0 Å². The lowest BCUT2D eigenvalue weighted by Crippen LogP contribution is -1.95. The molecule has 0 bridgehead atoms. The molecule has 0 radical (unpaired) electrons. The molecule has 0 N–H and O–H groups in total. The molecule has 0 aliphatic carbocycles. The summed E-state index contributed by atoms with van der Waals surface area (Å²) < 4.78 is 7.14. The van der Waals surface area contributed by atoms with Crippen LogP contribution in [0.15, 0.2) is 158 Å². The Hall–Kier alpha value is -6.39. The minimum atomic E-state index is 0.976. The van der Waals surface area contributed by atoms with Crippen LogP contribution in [-0.2, 0) is 0 Å². The molecule has 0 aliphatic rings. The minimum Gasteiger partial charge on any atom is -0.309 e. The maximum absolute atomic E-state index is 5.12. The van der Waals surface area contributed by atoms with Gasteiger partial charge in [-0.3, -0.25) is 4.40 Å². The fraction of sp³-hybridized carbons (Fsp3) is 0. The minimum absolute atomic E-state index is 0.976. The Morgan fingerprint density at radius 1 is 0.362 bits per heavy atom. The third-order valence-electron chi connectivity index (χ3n) is 9.98. The van der Waals surface area contributed by atoms with Crippen molar-refractivity contribution in [3.8, 4) is 22.6 Å². The van der Waals surface area contributed by atoms with Gasteiger partial charge in [0.15, 0.2) is 0 Å². The van der Waals surface area contributed by atoms with Crippen LogP contribution >= 0.6 is 0 Å². The Morgan fingerprint density at radius 2 is 0.872 bits per heavy atom. The van der Waals surface area contributed by atoms with Crippen molar-refractivity contribution < 1.29 is 0 Å². The molecule has 4 heteroatoms. The topological polar surface area (TPSA) is 27.2 Å². The maximum Gasteiger partial charge on any atom is 0.138 e. The molecule has 0 aliphatic heterocycles. The summed E-state index contributed by atoms with van der Waals surface area (Å²) in [5.41, 5.74) is 12.6. The lowest BCUT2D eigenvalue weighted by Gasteiger charge is -2.11. The highest BCUT2D eigenvalue weighted by Gasteiger charge is 2.21. The number of fused-ring (bicyclic) bond motifs is 9. The van der Waals surface area contributed by atoms with Crippen LogP contribution < -0.4 is 0 Å². The highest BCUT2D eigenvalue weighted by Crippen LogP contribution is 2.40. The first kappa shape index (κ1) is 24.9. The van der Waals surface area contributed by atoms with Crippen molar-refractivity contribution in [3.05, 3.63) is 158 Å². The molecule has 0 atom stereocenters. The normalized spacial score (nSPS) is 12.3. The number of pyridine rings is 1. The van der Waals surface area contributed by atoms with Crippen LogP contribution in [0.5, 0.6) is 0 Å². The van der Waals surface area contributed by atoms with Gasteiger partial charge in [0.05, 0.1) is 38.8 Å². The summed E-state index contributed by atoms with van der Waals surface area (Å²) in [6.07, 6.45) is 0. The average molecular weight is 599 g/mol. The summed E-state index contributed by atoms with van der Waals surface area (Å²) in [4.78, 5) is 5.12. The molecule has 4 nitrogen and oxygen atoms in total. The summed E-state index contributed by atoms with van der Waals surface area (Å²) in [7, 11) is 0.